The number of nitrogens with one attached hydrogen (secondary N) is 2. The molecule has 1 amide bonds. The summed E-state index contributed by atoms with van der Waals surface area (Å²) in [5, 5.41) is 3.69. The average molecular weight is 346 g/mol. The van der Waals surface area contributed by atoms with Gasteiger partial charge in [0.2, 0.25) is 5.91 Å². The topological polar surface area (TPSA) is 54.1 Å². The Morgan fingerprint density at radius 3 is 2.80 bits per heavy atom. The highest BCUT2D eigenvalue weighted by Gasteiger charge is 2.14. The summed E-state index contributed by atoms with van der Waals surface area (Å²) in [4.78, 5) is 15.4. The Labute approximate surface area is 148 Å². The third-order valence-corrected chi connectivity index (χ3v) is 5.00. The number of fused-ring (bicyclic) bond motifs is 1. The minimum Gasteiger partial charge on any atom is -0.376 e. The fourth-order valence-electron chi connectivity index (χ4n) is 3.63. The number of H-pyrrole nitrogens is 1. The maximum absolute atomic E-state index is 13.5. The zero-order valence-corrected chi connectivity index (χ0v) is 14.9. The highest BCUT2D eigenvalue weighted by Crippen LogP contribution is 2.23. The van der Waals surface area contributed by atoms with Crippen molar-refractivity contribution in [1.29, 1.82) is 0 Å². The second kappa shape index (κ2) is 8.48. The SMILES string of the molecule is Cc1[nH]c2ccc(F)cc2c1CC(=O)NCCOC1CCCCCC1. The number of benzene rings is 1. The van der Waals surface area contributed by atoms with Crippen molar-refractivity contribution in [1.82, 2.24) is 10.3 Å². The van der Waals surface area contributed by atoms with Gasteiger partial charge in [-0.2, -0.15) is 0 Å². The molecule has 1 aliphatic rings. The standard InChI is InChI=1S/C20H27FN2O2/c1-14-17(18-12-15(21)8-9-19(18)23-14)13-20(24)22-10-11-25-16-6-4-2-3-5-7-16/h8-9,12,16,23H,2-7,10-11,13H2,1H3,(H,22,24). The summed E-state index contributed by atoms with van der Waals surface area (Å²) in [6, 6.07) is 4.61. The highest BCUT2D eigenvalue weighted by molar-refractivity contribution is 5.90. The van der Waals surface area contributed by atoms with Crippen LogP contribution >= 0.6 is 0 Å². The molecule has 0 atom stereocenters. The van der Waals surface area contributed by atoms with E-state index in [0.717, 1.165) is 35.0 Å². The molecule has 5 heteroatoms. The molecular formula is C20H27FN2O2. The van der Waals surface area contributed by atoms with Gasteiger partial charge >= 0.3 is 0 Å². The highest BCUT2D eigenvalue weighted by atomic mass is 19.1. The summed E-state index contributed by atoms with van der Waals surface area (Å²) in [5.41, 5.74) is 2.63. The summed E-state index contributed by atoms with van der Waals surface area (Å²) >= 11 is 0. The average Bonchev–Trinajstić information content (AvgIpc) is 2.78. The van der Waals surface area contributed by atoms with E-state index >= 15 is 0 Å². The molecule has 4 nitrogen and oxygen atoms in total. The molecule has 1 aliphatic carbocycles. The third kappa shape index (κ3) is 4.82. The lowest BCUT2D eigenvalue weighted by molar-refractivity contribution is -0.120. The lowest BCUT2D eigenvalue weighted by atomic mass is 10.1. The van der Waals surface area contributed by atoms with E-state index in [1.165, 1.54) is 37.8 Å². The fourth-order valence-corrected chi connectivity index (χ4v) is 3.63. The number of carbonyl (C=O) groups excluding carboxylic acids is 1. The minimum atomic E-state index is -0.287. The molecule has 0 spiro atoms. The molecule has 1 aromatic heterocycles. The van der Waals surface area contributed by atoms with Gasteiger partial charge in [0, 0.05) is 23.1 Å². The van der Waals surface area contributed by atoms with Crippen LogP contribution in [-0.2, 0) is 16.0 Å². The van der Waals surface area contributed by atoms with Crippen LogP contribution in [0.1, 0.15) is 49.8 Å². The third-order valence-electron chi connectivity index (χ3n) is 5.00. The molecule has 0 unspecified atom stereocenters. The molecule has 25 heavy (non-hydrogen) atoms. The molecule has 1 heterocycles. The largest absolute Gasteiger partial charge is 0.376 e. The molecular weight excluding hydrogens is 319 g/mol. The second-order valence-corrected chi connectivity index (χ2v) is 6.93. The summed E-state index contributed by atoms with van der Waals surface area (Å²) in [5.74, 6) is -0.345. The monoisotopic (exact) mass is 346 g/mol. The second-order valence-electron chi connectivity index (χ2n) is 6.93. The van der Waals surface area contributed by atoms with Crippen LogP contribution in [-0.4, -0.2) is 30.1 Å². The molecule has 1 aromatic carbocycles. The molecule has 0 saturated heterocycles. The number of ether oxygens (including phenoxy) is 1. The molecule has 1 fully saturated rings. The van der Waals surface area contributed by atoms with Crippen LogP contribution in [0, 0.1) is 12.7 Å². The number of amides is 1. The van der Waals surface area contributed by atoms with Gasteiger partial charge in [-0.15, -0.1) is 0 Å². The van der Waals surface area contributed by atoms with E-state index in [2.05, 4.69) is 10.3 Å². The number of hydrogen-bond acceptors (Lipinski definition) is 2. The summed E-state index contributed by atoms with van der Waals surface area (Å²) in [6.07, 6.45) is 7.96. The Balaban J connectivity index is 1.48. The molecule has 0 bridgehead atoms. The van der Waals surface area contributed by atoms with Gasteiger partial charge in [0.25, 0.3) is 0 Å². The number of halogens is 1. The van der Waals surface area contributed by atoms with Crippen LogP contribution in [0.2, 0.25) is 0 Å². The van der Waals surface area contributed by atoms with Crippen LogP contribution in [0.5, 0.6) is 0 Å². The summed E-state index contributed by atoms with van der Waals surface area (Å²) in [6.45, 7) is 2.98. The quantitative estimate of drug-likeness (QED) is 0.613. The molecule has 2 aromatic rings. The van der Waals surface area contributed by atoms with Gasteiger partial charge in [0.1, 0.15) is 5.82 Å². The normalized spacial score (nSPS) is 16.1. The van der Waals surface area contributed by atoms with Crippen molar-refractivity contribution >= 4 is 16.8 Å². The van der Waals surface area contributed by atoms with Gasteiger partial charge in [-0.3, -0.25) is 4.79 Å². The first-order valence-electron chi connectivity index (χ1n) is 9.28. The Morgan fingerprint density at radius 1 is 1.28 bits per heavy atom. The van der Waals surface area contributed by atoms with E-state index in [9.17, 15) is 9.18 Å². The first-order chi connectivity index (χ1) is 12.1. The number of hydrogen-bond donors (Lipinski definition) is 2. The van der Waals surface area contributed by atoms with Crippen LogP contribution in [0.3, 0.4) is 0 Å². The maximum Gasteiger partial charge on any atom is 0.224 e. The first-order valence-corrected chi connectivity index (χ1v) is 9.28. The molecule has 3 rings (SSSR count). The van der Waals surface area contributed by atoms with Crippen molar-refractivity contribution in [3.05, 3.63) is 35.3 Å². The fraction of sp³-hybridized carbons (Fsp3) is 0.550. The number of rotatable bonds is 6. The van der Waals surface area contributed by atoms with E-state index in [0.29, 0.717) is 19.3 Å². The van der Waals surface area contributed by atoms with E-state index in [1.807, 2.05) is 6.92 Å². The lowest BCUT2D eigenvalue weighted by Crippen LogP contribution is -2.30. The Kier molecular flexibility index (Phi) is 6.08. The van der Waals surface area contributed by atoms with E-state index < -0.39 is 0 Å². The van der Waals surface area contributed by atoms with Gasteiger partial charge in [0.05, 0.1) is 19.1 Å². The van der Waals surface area contributed by atoms with Crippen LogP contribution in [0.15, 0.2) is 18.2 Å². The molecule has 1 saturated carbocycles. The predicted octanol–water partition coefficient (Wildman–Crippen LogP) is 4.01. The number of aromatic amines is 1. The van der Waals surface area contributed by atoms with E-state index in [1.54, 1.807) is 6.07 Å². The van der Waals surface area contributed by atoms with E-state index in [-0.39, 0.29) is 18.1 Å². The van der Waals surface area contributed by atoms with Crippen LogP contribution in [0.25, 0.3) is 10.9 Å². The van der Waals surface area contributed by atoms with Crippen molar-refractivity contribution in [3.8, 4) is 0 Å². The van der Waals surface area contributed by atoms with Gasteiger partial charge in [-0.05, 0) is 43.5 Å². The lowest BCUT2D eigenvalue weighted by Gasteiger charge is -2.15. The van der Waals surface area contributed by atoms with Gasteiger partial charge in [-0.25, -0.2) is 4.39 Å². The van der Waals surface area contributed by atoms with Crippen LogP contribution < -0.4 is 5.32 Å². The summed E-state index contributed by atoms with van der Waals surface area (Å²) in [7, 11) is 0. The van der Waals surface area contributed by atoms with Crippen molar-refractivity contribution in [2.75, 3.05) is 13.2 Å². The van der Waals surface area contributed by atoms with Gasteiger partial charge in [-0.1, -0.05) is 25.7 Å². The predicted molar refractivity (Wildman–Crippen MR) is 97.1 cm³/mol. The first kappa shape index (κ1) is 17.9. The Morgan fingerprint density at radius 2 is 2.04 bits per heavy atom. The minimum absolute atomic E-state index is 0.0577. The molecule has 0 aliphatic heterocycles. The van der Waals surface area contributed by atoms with Gasteiger partial charge in [0.15, 0.2) is 0 Å². The molecule has 136 valence electrons. The zero-order chi connectivity index (χ0) is 17.6. The van der Waals surface area contributed by atoms with Crippen molar-refractivity contribution in [2.45, 2.75) is 58.0 Å². The molecule has 0 radical (unpaired) electrons. The Bertz CT molecular complexity index is 718. The smallest absolute Gasteiger partial charge is 0.224 e. The number of aromatic nitrogens is 1. The molecule has 2 N–H and O–H groups in total. The Hall–Kier alpha value is -1.88. The zero-order valence-electron chi connectivity index (χ0n) is 14.9. The number of carbonyl (C=O) groups is 1. The van der Waals surface area contributed by atoms with Gasteiger partial charge < -0.3 is 15.0 Å². The van der Waals surface area contributed by atoms with Crippen LogP contribution in [0.4, 0.5) is 4.39 Å². The number of aryl methyl sites for hydroxylation is 1. The maximum atomic E-state index is 13.5. The van der Waals surface area contributed by atoms with Crippen molar-refractivity contribution in [3.63, 3.8) is 0 Å². The van der Waals surface area contributed by atoms with E-state index in [4.69, 9.17) is 4.74 Å². The van der Waals surface area contributed by atoms with Crippen molar-refractivity contribution < 1.29 is 13.9 Å². The van der Waals surface area contributed by atoms with Crippen molar-refractivity contribution in [2.24, 2.45) is 0 Å². The summed E-state index contributed by atoms with van der Waals surface area (Å²) < 4.78 is 19.4.